The van der Waals surface area contributed by atoms with E-state index in [1.54, 1.807) is 0 Å². The van der Waals surface area contributed by atoms with Crippen LogP contribution in [0.25, 0.3) is 0 Å². The van der Waals surface area contributed by atoms with Crippen LogP contribution in [0.2, 0.25) is 0 Å². The number of rotatable bonds is 5. The zero-order chi connectivity index (χ0) is 6.95. The van der Waals surface area contributed by atoms with E-state index in [-0.39, 0.29) is 12.4 Å². The van der Waals surface area contributed by atoms with Crippen LogP contribution in [-0.4, -0.2) is 0 Å². The van der Waals surface area contributed by atoms with Crippen LogP contribution < -0.4 is 0 Å². The molecule has 0 nitrogen and oxygen atoms in total. The molecule has 0 atom stereocenters. The van der Waals surface area contributed by atoms with Crippen molar-refractivity contribution < 1.29 is 0 Å². The van der Waals surface area contributed by atoms with Gasteiger partial charge in [-0.1, -0.05) is 44.6 Å². The fourth-order valence-electron chi connectivity index (χ4n) is 0.705. The average molecular weight is 161 g/mol. The second-order valence-electron chi connectivity index (χ2n) is 2.16. The van der Waals surface area contributed by atoms with Crippen molar-refractivity contribution in [3.05, 3.63) is 24.8 Å². The Kier molecular flexibility index (Phi) is 14.4. The van der Waals surface area contributed by atoms with E-state index in [9.17, 15) is 0 Å². The van der Waals surface area contributed by atoms with E-state index in [4.69, 9.17) is 0 Å². The third-order valence-corrected chi connectivity index (χ3v) is 1.25. The zero-order valence-electron chi connectivity index (χ0n) is 6.68. The maximum absolute atomic E-state index is 3.59. The molecule has 0 radical (unpaired) electrons. The monoisotopic (exact) mass is 160 g/mol. The highest BCUT2D eigenvalue weighted by atomic mass is 35.5. The molecule has 0 amide bonds. The Hall–Kier alpha value is -0.230. The molecule has 0 spiro atoms. The summed E-state index contributed by atoms with van der Waals surface area (Å²) in [7, 11) is 0. The van der Waals surface area contributed by atoms with Gasteiger partial charge in [-0.2, -0.15) is 0 Å². The lowest BCUT2D eigenvalue weighted by atomic mass is 10.2. The first-order valence-electron chi connectivity index (χ1n) is 3.69. The quantitative estimate of drug-likeness (QED) is 0.425. The summed E-state index contributed by atoms with van der Waals surface area (Å²) in [6.07, 6.45) is 11.2. The Labute approximate surface area is 70.4 Å². The molecule has 0 aromatic carbocycles. The Morgan fingerprint density at radius 1 is 1.30 bits per heavy atom. The maximum atomic E-state index is 3.59. The minimum absolute atomic E-state index is 0. The SMILES string of the molecule is C=CC=CCCCCC.Cl. The highest BCUT2D eigenvalue weighted by molar-refractivity contribution is 5.85. The molecule has 0 N–H and O–H groups in total. The zero-order valence-corrected chi connectivity index (χ0v) is 7.49. The van der Waals surface area contributed by atoms with E-state index >= 15 is 0 Å². The maximum Gasteiger partial charge on any atom is -0.0348 e. The Morgan fingerprint density at radius 2 is 2.00 bits per heavy atom. The third-order valence-electron chi connectivity index (χ3n) is 1.25. The number of allylic oxidation sites excluding steroid dienone is 3. The van der Waals surface area contributed by atoms with Gasteiger partial charge in [-0.3, -0.25) is 0 Å². The van der Waals surface area contributed by atoms with Crippen LogP contribution in [0.15, 0.2) is 24.8 Å². The summed E-state index contributed by atoms with van der Waals surface area (Å²) in [5, 5.41) is 0. The summed E-state index contributed by atoms with van der Waals surface area (Å²) in [6, 6.07) is 0. The molecular weight excluding hydrogens is 144 g/mol. The fourth-order valence-corrected chi connectivity index (χ4v) is 0.705. The lowest BCUT2D eigenvalue weighted by molar-refractivity contribution is 0.729. The second kappa shape index (κ2) is 11.6. The molecule has 0 aromatic rings. The summed E-state index contributed by atoms with van der Waals surface area (Å²) in [4.78, 5) is 0. The smallest absolute Gasteiger partial charge is 0.0348 e. The van der Waals surface area contributed by atoms with Crippen molar-refractivity contribution in [3.63, 3.8) is 0 Å². The highest BCUT2D eigenvalue weighted by Gasteiger charge is 1.78. The van der Waals surface area contributed by atoms with Gasteiger partial charge in [-0.05, 0) is 12.8 Å². The average Bonchev–Trinajstić information content (AvgIpc) is 1.89. The largest absolute Gasteiger partial charge is 0.147 e. The van der Waals surface area contributed by atoms with Crippen molar-refractivity contribution in [2.75, 3.05) is 0 Å². The molecule has 0 saturated heterocycles. The van der Waals surface area contributed by atoms with Gasteiger partial charge in [0.05, 0.1) is 0 Å². The lowest BCUT2D eigenvalue weighted by Crippen LogP contribution is -1.69. The predicted molar refractivity (Wildman–Crippen MR) is 50.7 cm³/mol. The van der Waals surface area contributed by atoms with Gasteiger partial charge in [0, 0.05) is 0 Å². The Bertz CT molecular complexity index is 84.7. The molecular formula is C9H17Cl. The van der Waals surface area contributed by atoms with Crippen LogP contribution in [0.4, 0.5) is 0 Å². The molecule has 0 heterocycles. The van der Waals surface area contributed by atoms with Crippen molar-refractivity contribution in [3.8, 4) is 0 Å². The summed E-state index contributed by atoms with van der Waals surface area (Å²) >= 11 is 0. The minimum Gasteiger partial charge on any atom is -0.147 e. The molecule has 0 fully saturated rings. The molecule has 60 valence electrons. The molecule has 0 bridgehead atoms. The predicted octanol–water partition coefficient (Wildman–Crippen LogP) is 3.73. The van der Waals surface area contributed by atoms with E-state index < -0.39 is 0 Å². The van der Waals surface area contributed by atoms with Crippen molar-refractivity contribution in [2.45, 2.75) is 32.6 Å². The van der Waals surface area contributed by atoms with E-state index in [2.05, 4.69) is 19.6 Å². The van der Waals surface area contributed by atoms with Gasteiger partial charge in [-0.25, -0.2) is 0 Å². The fraction of sp³-hybridized carbons (Fsp3) is 0.556. The molecule has 0 aliphatic carbocycles. The first kappa shape index (κ1) is 12.4. The summed E-state index contributed by atoms with van der Waals surface area (Å²) < 4.78 is 0. The van der Waals surface area contributed by atoms with Gasteiger partial charge < -0.3 is 0 Å². The van der Waals surface area contributed by atoms with Gasteiger partial charge in [-0.15, -0.1) is 12.4 Å². The first-order chi connectivity index (χ1) is 4.41. The first-order valence-corrected chi connectivity index (χ1v) is 3.69. The summed E-state index contributed by atoms with van der Waals surface area (Å²) in [6.45, 7) is 5.81. The number of halogens is 1. The lowest BCUT2D eigenvalue weighted by Gasteiger charge is -1.89. The van der Waals surface area contributed by atoms with E-state index in [0.717, 1.165) is 0 Å². The van der Waals surface area contributed by atoms with Crippen LogP contribution in [0, 0.1) is 0 Å². The van der Waals surface area contributed by atoms with Gasteiger partial charge >= 0.3 is 0 Å². The van der Waals surface area contributed by atoms with Gasteiger partial charge in [0.1, 0.15) is 0 Å². The number of unbranched alkanes of at least 4 members (excludes halogenated alkanes) is 3. The van der Waals surface area contributed by atoms with Gasteiger partial charge in [0.2, 0.25) is 0 Å². The van der Waals surface area contributed by atoms with Crippen LogP contribution in [0.5, 0.6) is 0 Å². The Morgan fingerprint density at radius 3 is 2.50 bits per heavy atom. The molecule has 0 saturated carbocycles. The number of hydrogen-bond acceptors (Lipinski definition) is 0. The van der Waals surface area contributed by atoms with Gasteiger partial charge in [0.25, 0.3) is 0 Å². The van der Waals surface area contributed by atoms with Crippen LogP contribution >= 0.6 is 12.4 Å². The van der Waals surface area contributed by atoms with Crippen LogP contribution in [-0.2, 0) is 0 Å². The van der Waals surface area contributed by atoms with E-state index in [1.165, 1.54) is 25.7 Å². The van der Waals surface area contributed by atoms with E-state index in [0.29, 0.717) is 0 Å². The van der Waals surface area contributed by atoms with E-state index in [1.807, 2.05) is 12.2 Å². The molecule has 0 unspecified atom stereocenters. The number of hydrogen-bond donors (Lipinski definition) is 0. The normalized spacial score (nSPS) is 9.30. The molecule has 0 rings (SSSR count). The van der Waals surface area contributed by atoms with Crippen molar-refractivity contribution in [1.29, 1.82) is 0 Å². The second-order valence-corrected chi connectivity index (χ2v) is 2.16. The van der Waals surface area contributed by atoms with Crippen molar-refractivity contribution in [1.82, 2.24) is 0 Å². The standard InChI is InChI=1S/C9H16.ClH/c1-3-5-7-9-8-6-4-2;/h3,5,7H,1,4,6,8-9H2,2H3;1H. The Balaban J connectivity index is 0. The minimum atomic E-state index is 0. The molecule has 0 aliphatic heterocycles. The van der Waals surface area contributed by atoms with Crippen molar-refractivity contribution in [2.24, 2.45) is 0 Å². The molecule has 10 heavy (non-hydrogen) atoms. The van der Waals surface area contributed by atoms with Gasteiger partial charge in [0.15, 0.2) is 0 Å². The van der Waals surface area contributed by atoms with Crippen LogP contribution in [0.3, 0.4) is 0 Å². The molecule has 0 aromatic heterocycles. The summed E-state index contributed by atoms with van der Waals surface area (Å²) in [5.74, 6) is 0. The third kappa shape index (κ3) is 10.7. The van der Waals surface area contributed by atoms with Crippen LogP contribution in [0.1, 0.15) is 32.6 Å². The molecule has 1 heteroatoms. The summed E-state index contributed by atoms with van der Waals surface area (Å²) in [5.41, 5.74) is 0. The van der Waals surface area contributed by atoms with Crippen molar-refractivity contribution >= 4 is 12.4 Å². The topological polar surface area (TPSA) is 0 Å². The highest BCUT2D eigenvalue weighted by Crippen LogP contribution is 1.98. The molecule has 0 aliphatic rings.